The number of ether oxygens (including phenoxy) is 2. The lowest BCUT2D eigenvalue weighted by Gasteiger charge is -2.37. The van der Waals surface area contributed by atoms with E-state index < -0.39 is 0 Å². The highest BCUT2D eigenvalue weighted by atomic mass is 35.5. The molecule has 33 heavy (non-hydrogen) atoms. The number of nitrogens with zero attached hydrogens (tertiary/aromatic N) is 3. The van der Waals surface area contributed by atoms with Crippen LogP contribution in [0.4, 0.5) is 17.3 Å². The Morgan fingerprint density at radius 1 is 1.24 bits per heavy atom. The van der Waals surface area contributed by atoms with Gasteiger partial charge in [-0.2, -0.15) is 0 Å². The van der Waals surface area contributed by atoms with Crippen molar-refractivity contribution >= 4 is 34.9 Å². The van der Waals surface area contributed by atoms with Crippen LogP contribution in [-0.2, 0) is 14.3 Å². The molecule has 1 aliphatic heterocycles. The van der Waals surface area contributed by atoms with Crippen LogP contribution in [0.15, 0.2) is 30.6 Å². The Morgan fingerprint density at radius 2 is 2.00 bits per heavy atom. The van der Waals surface area contributed by atoms with E-state index in [2.05, 4.69) is 35.1 Å². The van der Waals surface area contributed by atoms with Crippen LogP contribution in [0.3, 0.4) is 0 Å². The Labute approximate surface area is 201 Å². The maximum atomic E-state index is 12.0. The van der Waals surface area contributed by atoms with Crippen molar-refractivity contribution in [2.24, 2.45) is 5.92 Å². The molecule has 1 fully saturated rings. The minimum Gasteiger partial charge on any atom is -0.466 e. The molecular formula is C25H35ClN4O3. The summed E-state index contributed by atoms with van der Waals surface area (Å²) in [5.41, 5.74) is 1.84. The summed E-state index contributed by atoms with van der Waals surface area (Å²) in [6.45, 7) is 11.1. The summed E-state index contributed by atoms with van der Waals surface area (Å²) in [5, 5.41) is 4.03. The van der Waals surface area contributed by atoms with Gasteiger partial charge in [0.05, 0.1) is 23.7 Å². The van der Waals surface area contributed by atoms with Crippen molar-refractivity contribution < 1.29 is 14.3 Å². The number of esters is 1. The molecule has 0 saturated carbocycles. The maximum absolute atomic E-state index is 12.0. The van der Waals surface area contributed by atoms with E-state index in [1.807, 2.05) is 32.2 Å². The first-order valence-corrected chi connectivity index (χ1v) is 12.1. The van der Waals surface area contributed by atoms with Crippen LogP contribution in [-0.4, -0.2) is 48.3 Å². The van der Waals surface area contributed by atoms with Gasteiger partial charge in [-0.15, -0.1) is 0 Å². The molecule has 2 aromatic rings. The fourth-order valence-electron chi connectivity index (χ4n) is 4.04. The van der Waals surface area contributed by atoms with E-state index in [9.17, 15) is 4.79 Å². The zero-order valence-electron chi connectivity index (χ0n) is 20.0. The average Bonchev–Trinajstić information content (AvgIpc) is 2.80. The van der Waals surface area contributed by atoms with Gasteiger partial charge in [0.1, 0.15) is 5.82 Å². The summed E-state index contributed by atoms with van der Waals surface area (Å²) in [4.78, 5) is 23.8. The van der Waals surface area contributed by atoms with Gasteiger partial charge in [-0.25, -0.2) is 9.97 Å². The van der Waals surface area contributed by atoms with Crippen LogP contribution >= 0.6 is 11.6 Å². The lowest BCUT2D eigenvalue weighted by molar-refractivity contribution is -0.143. The maximum Gasteiger partial charge on any atom is 0.306 e. The standard InChI is InChI=1S/C25H35ClN4O3/c1-5-33-24(31)12-18(4)19-13-22(29-23-7-6-20(26)15-27-23)25(28-14-19)30(16-17(2)3)21-8-10-32-11-9-21/h6-7,13-15,17-18,21H,5,8-12,16H2,1-4H3,(H,27,29)/t18-/m1/s1. The summed E-state index contributed by atoms with van der Waals surface area (Å²) in [6.07, 6.45) is 5.74. The highest BCUT2D eigenvalue weighted by molar-refractivity contribution is 6.30. The molecule has 1 saturated heterocycles. The van der Waals surface area contributed by atoms with E-state index in [4.69, 9.17) is 26.1 Å². The van der Waals surface area contributed by atoms with E-state index >= 15 is 0 Å². The fraction of sp³-hybridized carbons (Fsp3) is 0.560. The molecule has 3 heterocycles. The summed E-state index contributed by atoms with van der Waals surface area (Å²) in [5.74, 6) is 1.82. The van der Waals surface area contributed by atoms with E-state index in [1.165, 1.54) is 0 Å². The minimum absolute atomic E-state index is 0.0223. The number of rotatable bonds is 10. The zero-order chi connectivity index (χ0) is 23.8. The second kappa shape index (κ2) is 12.2. The first-order chi connectivity index (χ1) is 15.9. The molecule has 1 aliphatic rings. The Morgan fingerprint density at radius 3 is 2.64 bits per heavy atom. The van der Waals surface area contributed by atoms with Crippen LogP contribution in [0.2, 0.25) is 5.02 Å². The normalized spacial score (nSPS) is 15.3. The van der Waals surface area contributed by atoms with Crippen molar-refractivity contribution in [3.8, 4) is 0 Å². The summed E-state index contributed by atoms with van der Waals surface area (Å²) >= 11 is 6.03. The zero-order valence-corrected chi connectivity index (χ0v) is 20.8. The van der Waals surface area contributed by atoms with Crippen LogP contribution in [0.1, 0.15) is 58.4 Å². The largest absolute Gasteiger partial charge is 0.466 e. The quantitative estimate of drug-likeness (QED) is 0.451. The molecule has 0 unspecified atom stereocenters. The van der Waals surface area contributed by atoms with Gasteiger partial charge in [-0.1, -0.05) is 32.4 Å². The summed E-state index contributed by atoms with van der Waals surface area (Å²) in [6, 6.07) is 6.09. The van der Waals surface area contributed by atoms with Gasteiger partial charge < -0.3 is 19.7 Å². The highest BCUT2D eigenvalue weighted by Crippen LogP contribution is 2.34. The molecule has 1 atom stereocenters. The van der Waals surface area contributed by atoms with E-state index in [-0.39, 0.29) is 11.9 Å². The number of pyridine rings is 2. The Balaban J connectivity index is 1.97. The van der Waals surface area contributed by atoms with E-state index in [0.717, 1.165) is 49.7 Å². The van der Waals surface area contributed by atoms with Crippen molar-refractivity contribution in [3.63, 3.8) is 0 Å². The Kier molecular flexibility index (Phi) is 9.32. The van der Waals surface area contributed by atoms with Gasteiger partial charge in [-0.05, 0) is 55.4 Å². The second-order valence-corrected chi connectivity index (χ2v) is 9.36. The van der Waals surface area contributed by atoms with Crippen molar-refractivity contribution in [2.45, 2.75) is 58.9 Å². The molecule has 7 nitrogen and oxygen atoms in total. The highest BCUT2D eigenvalue weighted by Gasteiger charge is 2.26. The third kappa shape index (κ3) is 7.30. The smallest absolute Gasteiger partial charge is 0.306 e. The Bertz CT molecular complexity index is 901. The summed E-state index contributed by atoms with van der Waals surface area (Å²) < 4.78 is 10.7. The second-order valence-electron chi connectivity index (χ2n) is 8.93. The first-order valence-electron chi connectivity index (χ1n) is 11.8. The van der Waals surface area contributed by atoms with Crippen molar-refractivity contribution in [2.75, 3.05) is 36.6 Å². The van der Waals surface area contributed by atoms with Gasteiger partial charge in [0.15, 0.2) is 5.82 Å². The Hall–Kier alpha value is -2.38. The predicted octanol–water partition coefficient (Wildman–Crippen LogP) is 5.57. The third-order valence-corrected chi connectivity index (χ3v) is 5.91. The lowest BCUT2D eigenvalue weighted by atomic mass is 9.98. The van der Waals surface area contributed by atoms with Crippen molar-refractivity contribution in [3.05, 3.63) is 41.2 Å². The molecular weight excluding hydrogens is 440 g/mol. The molecule has 0 amide bonds. The van der Waals surface area contributed by atoms with Gasteiger partial charge in [0, 0.05) is 38.2 Å². The van der Waals surface area contributed by atoms with Gasteiger partial charge >= 0.3 is 5.97 Å². The number of carbonyl (C=O) groups is 1. The number of halogens is 1. The van der Waals surface area contributed by atoms with Gasteiger partial charge in [0.25, 0.3) is 0 Å². The predicted molar refractivity (Wildman–Crippen MR) is 132 cm³/mol. The van der Waals surface area contributed by atoms with Crippen LogP contribution in [0, 0.1) is 5.92 Å². The van der Waals surface area contributed by atoms with Crippen LogP contribution in [0.5, 0.6) is 0 Å². The number of nitrogens with one attached hydrogen (secondary N) is 1. The molecule has 2 aromatic heterocycles. The topological polar surface area (TPSA) is 76.6 Å². The SMILES string of the molecule is CCOC(=O)C[C@@H](C)c1cnc(N(CC(C)C)C2CCOCC2)c(Nc2ccc(Cl)cn2)c1. The number of hydrogen-bond donors (Lipinski definition) is 1. The van der Waals surface area contributed by atoms with Gasteiger partial charge in [-0.3, -0.25) is 4.79 Å². The molecule has 0 aromatic carbocycles. The number of aromatic nitrogens is 2. The molecule has 3 rings (SSSR count). The summed E-state index contributed by atoms with van der Waals surface area (Å²) in [7, 11) is 0. The molecule has 0 bridgehead atoms. The van der Waals surface area contributed by atoms with E-state index in [0.29, 0.717) is 35.8 Å². The van der Waals surface area contributed by atoms with Crippen molar-refractivity contribution in [1.29, 1.82) is 0 Å². The van der Waals surface area contributed by atoms with Crippen LogP contribution < -0.4 is 10.2 Å². The third-order valence-electron chi connectivity index (χ3n) is 5.69. The number of hydrogen-bond acceptors (Lipinski definition) is 7. The fourth-order valence-corrected chi connectivity index (χ4v) is 4.15. The average molecular weight is 475 g/mol. The molecule has 0 radical (unpaired) electrons. The lowest BCUT2D eigenvalue weighted by Crippen LogP contribution is -2.42. The minimum atomic E-state index is -0.202. The number of anilines is 3. The molecule has 8 heteroatoms. The van der Waals surface area contributed by atoms with E-state index in [1.54, 1.807) is 6.20 Å². The molecule has 0 aliphatic carbocycles. The number of carbonyl (C=O) groups excluding carboxylic acids is 1. The molecule has 1 N–H and O–H groups in total. The van der Waals surface area contributed by atoms with Crippen LogP contribution in [0.25, 0.3) is 0 Å². The molecule has 180 valence electrons. The van der Waals surface area contributed by atoms with Crippen molar-refractivity contribution in [1.82, 2.24) is 9.97 Å². The monoisotopic (exact) mass is 474 g/mol. The first kappa shape index (κ1) is 25.2. The molecule has 0 spiro atoms. The van der Waals surface area contributed by atoms with Gasteiger partial charge in [0.2, 0.25) is 0 Å².